The van der Waals surface area contributed by atoms with Crippen molar-refractivity contribution in [2.75, 3.05) is 13.2 Å². The van der Waals surface area contributed by atoms with Crippen molar-refractivity contribution in [3.8, 4) is 11.1 Å². The molecule has 0 aliphatic rings. The second kappa shape index (κ2) is 11.0. The van der Waals surface area contributed by atoms with Gasteiger partial charge in [0.15, 0.2) is 49.4 Å². The highest BCUT2D eigenvalue weighted by molar-refractivity contribution is 5.97. The number of nitrogens with zero attached hydrogens (tertiary/aromatic N) is 2. The lowest BCUT2D eigenvalue weighted by atomic mass is 10.0. The average Bonchev–Trinajstić information content (AvgIpc) is 2.89. The number of carbonyl (C=O) groups excluding carboxylic acids is 2. The second-order valence-corrected chi connectivity index (χ2v) is 8.53. The summed E-state index contributed by atoms with van der Waals surface area (Å²) >= 11 is 0. The van der Waals surface area contributed by atoms with E-state index in [0.29, 0.717) is 24.2 Å². The maximum absolute atomic E-state index is 11.6. The van der Waals surface area contributed by atoms with Crippen LogP contribution in [0.25, 0.3) is 11.1 Å². The molecule has 0 spiro atoms. The predicted molar refractivity (Wildman–Crippen MR) is 131 cm³/mol. The van der Waals surface area contributed by atoms with Crippen LogP contribution in [0.15, 0.2) is 91.5 Å². The molecule has 6 nitrogen and oxygen atoms in total. The Morgan fingerprint density at radius 1 is 0.657 bits per heavy atom. The van der Waals surface area contributed by atoms with E-state index in [0.717, 1.165) is 27.8 Å². The molecule has 4 rings (SSSR count). The quantitative estimate of drug-likeness (QED) is 0.292. The summed E-state index contributed by atoms with van der Waals surface area (Å²) in [7, 11) is 0. The number of aliphatic hydroxyl groups excluding tert-OH is 2. The number of hydrogen-bond donors (Lipinski definition) is 2. The van der Waals surface area contributed by atoms with Crippen LogP contribution in [0.4, 0.5) is 0 Å². The number of Topliss-reactive ketones (excluding diaryl/α,β-unsaturated/α-hetero) is 2. The maximum Gasteiger partial charge on any atom is 0.188 e. The Balaban J connectivity index is 1.43. The molecular formula is C29H28N2O4+2. The number of pyridine rings is 2. The molecule has 0 aliphatic carbocycles. The molecule has 2 heterocycles. The lowest BCUT2D eigenvalue weighted by molar-refractivity contribution is -0.688. The van der Waals surface area contributed by atoms with Gasteiger partial charge in [-0.15, -0.1) is 0 Å². The van der Waals surface area contributed by atoms with E-state index in [-0.39, 0.29) is 11.6 Å². The van der Waals surface area contributed by atoms with Crippen LogP contribution < -0.4 is 9.13 Å². The van der Waals surface area contributed by atoms with Crippen LogP contribution in [0, 0.1) is 6.92 Å². The van der Waals surface area contributed by atoms with Crippen LogP contribution >= 0.6 is 0 Å². The number of benzene rings is 2. The molecule has 176 valence electrons. The zero-order valence-electron chi connectivity index (χ0n) is 19.6. The van der Waals surface area contributed by atoms with Crippen LogP contribution in [0.5, 0.6) is 0 Å². The largest absolute Gasteiger partial charge is 0.388 e. The molecule has 2 aromatic carbocycles. The Hall–Kier alpha value is -4.00. The van der Waals surface area contributed by atoms with E-state index in [1.54, 1.807) is 24.3 Å². The zero-order chi connectivity index (χ0) is 24.8. The highest BCUT2D eigenvalue weighted by Gasteiger charge is 2.12. The normalized spacial score (nSPS) is 10.8. The molecule has 2 aromatic heterocycles. The highest BCUT2D eigenvalue weighted by atomic mass is 16.3. The Labute approximate surface area is 204 Å². The minimum Gasteiger partial charge on any atom is -0.388 e. The van der Waals surface area contributed by atoms with Crippen molar-refractivity contribution in [3.05, 3.63) is 119 Å². The summed E-state index contributed by atoms with van der Waals surface area (Å²) in [4.78, 5) is 23.1. The fourth-order valence-electron chi connectivity index (χ4n) is 4.02. The topological polar surface area (TPSA) is 82.4 Å². The lowest BCUT2D eigenvalue weighted by Gasteiger charge is -2.06. The van der Waals surface area contributed by atoms with Crippen molar-refractivity contribution in [2.45, 2.75) is 20.0 Å². The number of ketones is 2. The summed E-state index contributed by atoms with van der Waals surface area (Å²) in [6.07, 6.45) is 8.24. The molecule has 0 fully saturated rings. The number of aromatic nitrogens is 2. The minimum atomic E-state index is -0.477. The van der Waals surface area contributed by atoms with Crippen molar-refractivity contribution >= 4 is 11.6 Å². The highest BCUT2D eigenvalue weighted by Crippen LogP contribution is 2.20. The van der Waals surface area contributed by atoms with Gasteiger partial charge in [0.2, 0.25) is 0 Å². The first-order valence-electron chi connectivity index (χ1n) is 11.4. The van der Waals surface area contributed by atoms with Crippen molar-refractivity contribution in [2.24, 2.45) is 0 Å². The van der Waals surface area contributed by atoms with Gasteiger partial charge in [-0.1, -0.05) is 48.5 Å². The fourth-order valence-corrected chi connectivity index (χ4v) is 4.02. The molecule has 0 atom stereocenters. The van der Waals surface area contributed by atoms with Gasteiger partial charge in [-0.3, -0.25) is 9.59 Å². The first-order chi connectivity index (χ1) is 17.0. The van der Waals surface area contributed by atoms with Crippen molar-refractivity contribution in [1.82, 2.24) is 0 Å². The zero-order valence-corrected chi connectivity index (χ0v) is 19.6. The summed E-state index contributed by atoms with van der Waals surface area (Å²) in [5.74, 6) is -0.554. The van der Waals surface area contributed by atoms with Gasteiger partial charge in [0.25, 0.3) is 0 Å². The van der Waals surface area contributed by atoms with Gasteiger partial charge < -0.3 is 10.2 Å². The lowest BCUT2D eigenvalue weighted by Crippen LogP contribution is -2.34. The molecule has 0 bridgehead atoms. The van der Waals surface area contributed by atoms with Crippen LogP contribution in [0.3, 0.4) is 0 Å². The van der Waals surface area contributed by atoms with Crippen LogP contribution in [0.2, 0.25) is 0 Å². The van der Waals surface area contributed by atoms with Gasteiger partial charge in [0.1, 0.15) is 13.2 Å². The number of hydrogen-bond acceptors (Lipinski definition) is 4. The maximum atomic E-state index is 11.6. The summed E-state index contributed by atoms with van der Waals surface area (Å²) in [6, 6.07) is 20.9. The fraction of sp³-hybridized carbons (Fsp3) is 0.172. The third kappa shape index (κ3) is 5.93. The number of aliphatic hydroxyl groups is 2. The SMILES string of the molecule is Cc1c[n+](Cc2ccc(C(=O)CO)cc2)ccc1-c1cc[n+](Cc2ccc(C(=O)CO)cc2)cc1. The molecule has 0 amide bonds. The average molecular weight is 469 g/mol. The van der Waals surface area contributed by atoms with E-state index < -0.39 is 13.2 Å². The molecule has 35 heavy (non-hydrogen) atoms. The second-order valence-electron chi connectivity index (χ2n) is 8.53. The van der Waals surface area contributed by atoms with Gasteiger partial charge in [-0.25, -0.2) is 9.13 Å². The van der Waals surface area contributed by atoms with E-state index >= 15 is 0 Å². The first kappa shape index (κ1) is 24.1. The molecule has 0 saturated heterocycles. The van der Waals surface area contributed by atoms with Crippen LogP contribution in [-0.4, -0.2) is 35.0 Å². The van der Waals surface area contributed by atoms with Gasteiger partial charge in [0, 0.05) is 46.0 Å². The summed E-state index contributed by atoms with van der Waals surface area (Å²) in [5, 5.41) is 18.0. The monoisotopic (exact) mass is 468 g/mol. The van der Waals surface area contributed by atoms with Crippen molar-refractivity contribution in [3.63, 3.8) is 0 Å². The third-order valence-corrected chi connectivity index (χ3v) is 5.99. The predicted octanol–water partition coefficient (Wildman–Crippen LogP) is 2.68. The Morgan fingerprint density at radius 3 is 1.57 bits per heavy atom. The van der Waals surface area contributed by atoms with E-state index in [2.05, 4.69) is 40.5 Å². The Kier molecular flexibility index (Phi) is 7.55. The van der Waals surface area contributed by atoms with Crippen LogP contribution in [-0.2, 0) is 13.1 Å². The molecule has 0 unspecified atom stereocenters. The molecule has 4 aromatic rings. The van der Waals surface area contributed by atoms with Gasteiger partial charge >= 0.3 is 0 Å². The number of rotatable bonds is 9. The van der Waals surface area contributed by atoms with Gasteiger partial charge in [-0.2, -0.15) is 0 Å². The van der Waals surface area contributed by atoms with E-state index in [1.165, 1.54) is 0 Å². The first-order valence-corrected chi connectivity index (χ1v) is 11.4. The standard InChI is InChI=1S/C29H28N2O4/c1-21-16-31(18-23-4-8-26(9-5-23)29(35)20-33)15-12-27(21)24-10-13-30(14-11-24)17-22-2-6-25(7-3-22)28(34)19-32/h2-16,32-33H,17-20H2,1H3/q+2. The van der Waals surface area contributed by atoms with E-state index in [9.17, 15) is 9.59 Å². The van der Waals surface area contributed by atoms with E-state index in [1.807, 2.05) is 42.9 Å². The smallest absolute Gasteiger partial charge is 0.188 e. The van der Waals surface area contributed by atoms with Gasteiger partial charge in [-0.05, 0) is 18.1 Å². The summed E-state index contributed by atoms with van der Waals surface area (Å²) < 4.78 is 4.19. The number of carbonyl (C=O) groups is 2. The minimum absolute atomic E-state index is 0.277. The summed E-state index contributed by atoms with van der Waals surface area (Å²) in [6.45, 7) is 2.51. The molecule has 0 radical (unpaired) electrons. The van der Waals surface area contributed by atoms with E-state index in [4.69, 9.17) is 10.2 Å². The molecule has 6 heteroatoms. The Bertz CT molecular complexity index is 1330. The molecule has 0 aliphatic heterocycles. The third-order valence-electron chi connectivity index (χ3n) is 5.99. The van der Waals surface area contributed by atoms with Crippen LogP contribution in [0.1, 0.15) is 37.4 Å². The molecule has 0 saturated carbocycles. The summed E-state index contributed by atoms with van der Waals surface area (Å²) in [5.41, 5.74) is 6.62. The Morgan fingerprint density at radius 2 is 1.11 bits per heavy atom. The molecule has 2 N–H and O–H groups in total. The van der Waals surface area contributed by atoms with Crippen molar-refractivity contribution < 1.29 is 28.9 Å². The van der Waals surface area contributed by atoms with Crippen molar-refractivity contribution in [1.29, 1.82) is 0 Å². The number of aryl methyl sites for hydroxylation is 1. The molecular weight excluding hydrogens is 440 g/mol. The van der Waals surface area contributed by atoms with Gasteiger partial charge in [0.05, 0.1) is 0 Å².